The number of carbonyl (C=O) groups excluding carboxylic acids is 2. The number of nitrogens with one attached hydrogen (secondary N) is 1. The second-order valence-corrected chi connectivity index (χ2v) is 6.79. The Morgan fingerprint density at radius 2 is 1.82 bits per heavy atom. The van der Waals surface area contributed by atoms with Crippen LogP contribution in [0.25, 0.3) is 5.52 Å². The van der Waals surface area contributed by atoms with Crippen LogP contribution >= 0.6 is 11.6 Å². The van der Waals surface area contributed by atoms with Crippen LogP contribution in [-0.4, -0.2) is 45.7 Å². The van der Waals surface area contributed by atoms with Crippen molar-refractivity contribution in [2.45, 2.75) is 20.3 Å². The van der Waals surface area contributed by atoms with Crippen molar-refractivity contribution in [1.29, 1.82) is 0 Å². The number of pyridine rings is 1. The third-order valence-corrected chi connectivity index (χ3v) is 4.87. The number of aromatic nitrogens is 2. The van der Waals surface area contributed by atoms with Crippen LogP contribution in [0.1, 0.15) is 40.5 Å². The first-order chi connectivity index (χ1) is 13.5. The number of nitrogens with zero attached hydrogens (tertiary/aromatic N) is 3. The van der Waals surface area contributed by atoms with Crippen LogP contribution in [0.15, 0.2) is 48.7 Å². The van der Waals surface area contributed by atoms with Crippen LogP contribution in [-0.2, 0) is 6.42 Å². The molecule has 0 atom stereocenters. The van der Waals surface area contributed by atoms with Gasteiger partial charge in [0.15, 0.2) is 5.69 Å². The average Bonchev–Trinajstić information content (AvgIpc) is 3.10. The Labute approximate surface area is 169 Å². The fraction of sp³-hybridized carbons (Fsp3) is 0.286. The number of halogens is 1. The van der Waals surface area contributed by atoms with Gasteiger partial charge in [-0.25, -0.2) is 4.98 Å². The molecule has 0 aliphatic heterocycles. The van der Waals surface area contributed by atoms with E-state index in [-0.39, 0.29) is 17.6 Å². The van der Waals surface area contributed by atoms with E-state index in [1.54, 1.807) is 21.6 Å². The fourth-order valence-corrected chi connectivity index (χ4v) is 3.19. The molecule has 0 radical (unpaired) electrons. The molecule has 2 heterocycles. The largest absolute Gasteiger partial charge is 0.349 e. The number of carbonyl (C=O) groups is 2. The summed E-state index contributed by atoms with van der Waals surface area (Å²) in [7, 11) is 0. The highest BCUT2D eigenvalue weighted by molar-refractivity contribution is 6.30. The van der Waals surface area contributed by atoms with Crippen LogP contribution in [0.4, 0.5) is 0 Å². The summed E-state index contributed by atoms with van der Waals surface area (Å²) in [6.07, 6.45) is 2.42. The standard InChI is InChI=1S/C21H23ClN4O2/c1-3-25(4-2)21(28)18-17-7-5-6-14-26(17)19(24-18)20(27)23-13-12-15-8-10-16(22)11-9-15/h5-11,14H,3-4,12-13H2,1-2H3,(H,23,27). The van der Waals surface area contributed by atoms with E-state index >= 15 is 0 Å². The summed E-state index contributed by atoms with van der Waals surface area (Å²) in [5.74, 6) is -0.273. The van der Waals surface area contributed by atoms with Crippen LogP contribution in [0.5, 0.6) is 0 Å². The third kappa shape index (κ3) is 4.17. The van der Waals surface area contributed by atoms with Gasteiger partial charge in [-0.2, -0.15) is 0 Å². The molecule has 3 aromatic rings. The summed E-state index contributed by atoms with van der Waals surface area (Å²) in [5, 5.41) is 3.57. The van der Waals surface area contributed by atoms with E-state index < -0.39 is 0 Å². The first kappa shape index (κ1) is 19.9. The van der Waals surface area contributed by atoms with Gasteiger partial charge in [-0.3, -0.25) is 14.0 Å². The maximum atomic E-state index is 12.8. The number of hydrogen-bond donors (Lipinski definition) is 1. The molecular weight excluding hydrogens is 376 g/mol. The summed E-state index contributed by atoms with van der Waals surface area (Å²) in [5.41, 5.74) is 2.00. The van der Waals surface area contributed by atoms with E-state index in [4.69, 9.17) is 11.6 Å². The molecule has 2 aromatic heterocycles. The molecule has 7 heteroatoms. The molecule has 0 fully saturated rings. The first-order valence-corrected chi connectivity index (χ1v) is 9.72. The summed E-state index contributed by atoms with van der Waals surface area (Å²) in [4.78, 5) is 31.6. The van der Waals surface area contributed by atoms with Gasteiger partial charge in [0.1, 0.15) is 0 Å². The maximum Gasteiger partial charge on any atom is 0.287 e. The second-order valence-electron chi connectivity index (χ2n) is 6.35. The quantitative estimate of drug-likeness (QED) is 0.662. The van der Waals surface area contributed by atoms with Crippen molar-refractivity contribution in [2.24, 2.45) is 0 Å². The van der Waals surface area contributed by atoms with Crippen molar-refractivity contribution >= 4 is 28.9 Å². The lowest BCUT2D eigenvalue weighted by Gasteiger charge is -2.17. The van der Waals surface area contributed by atoms with Crippen LogP contribution in [0, 0.1) is 0 Å². The first-order valence-electron chi connectivity index (χ1n) is 9.34. The minimum absolute atomic E-state index is 0.172. The van der Waals surface area contributed by atoms with Crippen LogP contribution < -0.4 is 5.32 Å². The topological polar surface area (TPSA) is 66.7 Å². The molecule has 0 aliphatic carbocycles. The predicted molar refractivity (Wildman–Crippen MR) is 110 cm³/mol. The van der Waals surface area contributed by atoms with Crippen LogP contribution in [0.2, 0.25) is 5.02 Å². The van der Waals surface area contributed by atoms with Crippen molar-refractivity contribution in [3.8, 4) is 0 Å². The Balaban J connectivity index is 1.79. The molecule has 0 saturated carbocycles. The van der Waals surface area contributed by atoms with Crippen LogP contribution in [0.3, 0.4) is 0 Å². The molecule has 6 nitrogen and oxygen atoms in total. The highest BCUT2D eigenvalue weighted by Crippen LogP contribution is 2.16. The van der Waals surface area contributed by atoms with E-state index in [9.17, 15) is 9.59 Å². The molecule has 1 N–H and O–H groups in total. The lowest BCUT2D eigenvalue weighted by molar-refractivity contribution is 0.0769. The average molecular weight is 399 g/mol. The Hall–Kier alpha value is -2.86. The van der Waals surface area contributed by atoms with Crippen molar-refractivity contribution in [1.82, 2.24) is 19.6 Å². The summed E-state index contributed by atoms with van der Waals surface area (Å²) in [6.45, 7) is 5.48. The molecule has 0 aliphatic rings. The zero-order chi connectivity index (χ0) is 20.1. The highest BCUT2D eigenvalue weighted by atomic mass is 35.5. The third-order valence-electron chi connectivity index (χ3n) is 4.62. The van der Waals surface area contributed by atoms with Gasteiger partial charge in [0.05, 0.1) is 5.52 Å². The van der Waals surface area contributed by atoms with Crippen molar-refractivity contribution < 1.29 is 9.59 Å². The summed E-state index contributed by atoms with van der Waals surface area (Å²) < 4.78 is 1.66. The number of imidazole rings is 1. The Morgan fingerprint density at radius 3 is 2.50 bits per heavy atom. The van der Waals surface area contributed by atoms with Crippen molar-refractivity contribution in [3.63, 3.8) is 0 Å². The second kappa shape index (κ2) is 8.89. The number of benzene rings is 1. The molecule has 0 bridgehead atoms. The molecule has 0 saturated heterocycles. The van der Waals surface area contributed by atoms with Gasteiger partial charge in [-0.1, -0.05) is 29.8 Å². The number of fused-ring (bicyclic) bond motifs is 1. The Bertz CT molecular complexity index is 978. The predicted octanol–water partition coefficient (Wildman–Crippen LogP) is 3.44. The highest BCUT2D eigenvalue weighted by Gasteiger charge is 2.23. The van der Waals surface area contributed by atoms with Crippen molar-refractivity contribution in [2.75, 3.05) is 19.6 Å². The lowest BCUT2D eigenvalue weighted by Crippen LogP contribution is -2.31. The van der Waals surface area contributed by atoms with E-state index in [1.165, 1.54) is 0 Å². The lowest BCUT2D eigenvalue weighted by atomic mass is 10.1. The molecule has 28 heavy (non-hydrogen) atoms. The number of amides is 2. The van der Waals surface area contributed by atoms with Gasteiger partial charge >= 0.3 is 0 Å². The molecular formula is C21H23ClN4O2. The smallest absolute Gasteiger partial charge is 0.287 e. The Kier molecular flexibility index (Phi) is 6.31. The SMILES string of the molecule is CCN(CC)C(=O)c1nc(C(=O)NCCc2ccc(Cl)cc2)n2ccccc12. The normalized spacial score (nSPS) is 10.8. The van der Waals surface area contributed by atoms with Gasteiger partial charge in [0.25, 0.3) is 11.8 Å². The molecule has 146 valence electrons. The van der Waals surface area contributed by atoms with Gasteiger partial charge in [-0.15, -0.1) is 0 Å². The Morgan fingerprint density at radius 1 is 1.11 bits per heavy atom. The molecule has 0 spiro atoms. The van der Waals surface area contributed by atoms with Gasteiger partial charge in [0, 0.05) is 30.9 Å². The monoisotopic (exact) mass is 398 g/mol. The number of rotatable bonds is 7. The molecule has 0 unspecified atom stereocenters. The van der Waals surface area contributed by atoms with Gasteiger partial charge in [-0.05, 0) is 50.1 Å². The minimum Gasteiger partial charge on any atom is -0.349 e. The number of hydrogen-bond acceptors (Lipinski definition) is 3. The molecule has 2 amide bonds. The molecule has 1 aromatic carbocycles. The van der Waals surface area contributed by atoms with E-state index in [1.807, 2.05) is 50.2 Å². The zero-order valence-corrected chi connectivity index (χ0v) is 16.7. The fourth-order valence-electron chi connectivity index (χ4n) is 3.07. The van der Waals surface area contributed by atoms with E-state index in [2.05, 4.69) is 10.3 Å². The van der Waals surface area contributed by atoms with Gasteiger partial charge in [0.2, 0.25) is 5.82 Å². The zero-order valence-electron chi connectivity index (χ0n) is 16.0. The van der Waals surface area contributed by atoms with E-state index in [0.29, 0.717) is 42.3 Å². The van der Waals surface area contributed by atoms with E-state index in [0.717, 1.165) is 5.56 Å². The van der Waals surface area contributed by atoms with Gasteiger partial charge < -0.3 is 10.2 Å². The summed E-state index contributed by atoms with van der Waals surface area (Å²) in [6, 6.07) is 13.0. The summed E-state index contributed by atoms with van der Waals surface area (Å²) >= 11 is 5.89. The minimum atomic E-state index is -0.311. The molecule has 3 rings (SSSR count). The van der Waals surface area contributed by atoms with Crippen molar-refractivity contribution in [3.05, 3.63) is 70.8 Å². The maximum absolute atomic E-state index is 12.8.